The zero-order chi connectivity index (χ0) is 64.2. The highest BCUT2D eigenvalue weighted by Crippen LogP contribution is 2.49. The molecule has 3 aliphatic heterocycles. The molecule has 0 bridgehead atoms. The maximum Gasteiger partial charge on any atom is 0.391 e. The molecule has 3 atom stereocenters. The third kappa shape index (κ3) is 15.4. The van der Waals surface area contributed by atoms with Gasteiger partial charge < -0.3 is 70.7 Å². The number of benzene rings is 5. The number of urea groups is 1. The van der Waals surface area contributed by atoms with Crippen LogP contribution in [0.3, 0.4) is 0 Å². The number of carbonyl (C=O) groups is 9. The number of anilines is 3. The summed E-state index contributed by atoms with van der Waals surface area (Å²) in [7, 11) is -5.62. The molecule has 1 saturated carbocycles. The molecule has 11 N–H and O–H groups in total. The van der Waals surface area contributed by atoms with Crippen LogP contribution in [-0.4, -0.2) is 135 Å². The van der Waals surface area contributed by atoms with Crippen LogP contribution < -0.4 is 51.2 Å². The third-order valence-electron chi connectivity index (χ3n) is 16.3. The molecule has 24 nitrogen and oxygen atoms in total. The Morgan fingerprint density at radius 1 is 0.667 bits per heavy atom. The summed E-state index contributed by atoms with van der Waals surface area (Å²) in [5.74, 6) is -4.05. The van der Waals surface area contributed by atoms with Crippen LogP contribution in [-0.2, 0) is 38.4 Å². The van der Waals surface area contributed by atoms with E-state index in [9.17, 15) is 62.7 Å². The van der Waals surface area contributed by atoms with E-state index in [4.69, 9.17) is 38.0 Å². The van der Waals surface area contributed by atoms with Crippen molar-refractivity contribution in [1.82, 2.24) is 26.2 Å². The van der Waals surface area contributed by atoms with E-state index in [2.05, 4.69) is 26.6 Å². The summed E-state index contributed by atoms with van der Waals surface area (Å²) in [6.45, 7) is 0.688. The molecule has 4 aliphatic rings. The normalized spacial score (nSPS) is 16.9. The number of fused-ring (bicyclic) bond motifs is 6. The Kier molecular flexibility index (Phi) is 22.3. The van der Waals surface area contributed by atoms with Crippen LogP contribution in [0.4, 0.5) is 21.9 Å². The van der Waals surface area contributed by atoms with Gasteiger partial charge in [0.2, 0.25) is 23.6 Å². The highest BCUT2D eigenvalue weighted by Gasteiger charge is 2.51. The van der Waals surface area contributed by atoms with E-state index in [0.717, 1.165) is 21.4 Å². The molecule has 9 rings (SSSR count). The van der Waals surface area contributed by atoms with Crippen molar-refractivity contribution in [2.45, 2.75) is 75.7 Å². The fourth-order valence-electron chi connectivity index (χ4n) is 11.7. The molecular formula is C62H67Cl2N9O15P2. The molecule has 0 aromatic heterocycles. The Bertz CT molecular complexity index is 3700. The number of nitrogens with zero attached hydrogens (tertiary/aromatic N) is 3. The van der Waals surface area contributed by atoms with Crippen LogP contribution in [0.1, 0.15) is 91.9 Å². The molecule has 0 radical (unpaired) electrons. The van der Waals surface area contributed by atoms with E-state index in [1.807, 2.05) is 24.3 Å². The van der Waals surface area contributed by atoms with Gasteiger partial charge in [-0.15, -0.1) is 23.2 Å². The number of hydrogen-bond donors (Lipinski definition) is 10. The Morgan fingerprint density at radius 3 is 1.76 bits per heavy atom. The lowest BCUT2D eigenvalue weighted by molar-refractivity contribution is -0.151. The lowest BCUT2D eigenvalue weighted by atomic mass is 9.67. The summed E-state index contributed by atoms with van der Waals surface area (Å²) in [4.78, 5) is 163. The number of halogens is 2. The van der Waals surface area contributed by atoms with Crippen LogP contribution >= 0.6 is 40.4 Å². The van der Waals surface area contributed by atoms with Crippen LogP contribution in [0, 0.1) is 5.41 Å². The number of hydrogen-bond acceptors (Lipinski definition) is 15. The van der Waals surface area contributed by atoms with Crippen molar-refractivity contribution in [3.63, 3.8) is 0 Å². The summed E-state index contributed by atoms with van der Waals surface area (Å²) in [5.41, 5.74) is 7.28. The molecule has 5 aromatic carbocycles. The summed E-state index contributed by atoms with van der Waals surface area (Å²) in [6.07, 6.45) is 10.7. The molecular weight excluding hydrogens is 1240 g/mol. The topological polar surface area (TPSA) is 349 Å². The largest absolute Gasteiger partial charge is 0.426 e. The second-order valence-electron chi connectivity index (χ2n) is 22.0. The van der Waals surface area contributed by atoms with E-state index in [1.165, 1.54) is 46.3 Å². The molecule has 3 heterocycles. The number of rotatable bonds is 28. The van der Waals surface area contributed by atoms with Gasteiger partial charge >= 0.3 is 23.2 Å². The van der Waals surface area contributed by atoms with Crippen molar-refractivity contribution in [2.75, 3.05) is 66.1 Å². The first-order valence-electron chi connectivity index (χ1n) is 29.1. The lowest BCUT2D eigenvalue weighted by Crippen LogP contribution is -2.59. The van der Waals surface area contributed by atoms with Gasteiger partial charge in [-0.1, -0.05) is 67.1 Å². The van der Waals surface area contributed by atoms with Gasteiger partial charge in [0, 0.05) is 122 Å². The van der Waals surface area contributed by atoms with Gasteiger partial charge in [0.15, 0.2) is 0 Å². The fourth-order valence-corrected chi connectivity index (χ4v) is 12.8. The zero-order valence-electron chi connectivity index (χ0n) is 48.6. The van der Waals surface area contributed by atoms with Gasteiger partial charge in [0.25, 0.3) is 23.6 Å². The Labute approximate surface area is 529 Å². The summed E-state index contributed by atoms with van der Waals surface area (Å²) < 4.78 is 10.8. The molecule has 474 valence electrons. The number of primary amides is 1. The number of imide groups is 1. The first kappa shape index (κ1) is 66.4. The van der Waals surface area contributed by atoms with Crippen LogP contribution in [0.25, 0.3) is 33.7 Å². The van der Waals surface area contributed by atoms with Gasteiger partial charge in [-0.3, -0.25) is 43.3 Å². The van der Waals surface area contributed by atoms with Crippen molar-refractivity contribution in [1.29, 1.82) is 0 Å². The molecule has 5 aromatic rings. The molecule has 28 heteroatoms. The monoisotopic (exact) mass is 1310 g/mol. The van der Waals surface area contributed by atoms with Crippen molar-refractivity contribution in [3.8, 4) is 11.5 Å². The minimum atomic E-state index is -2.82. The number of alkyl halides is 2. The summed E-state index contributed by atoms with van der Waals surface area (Å²) in [6, 6.07) is 20.4. The first-order chi connectivity index (χ1) is 43.3. The number of unbranched alkanes of at least 4 members (excludes halogenated alkanes) is 2. The summed E-state index contributed by atoms with van der Waals surface area (Å²) >= 11 is 13.0. The standard InChI is InChI=1S/C62H67Cl2N9O15P2/c63-33-39-35-72(47-31-49(87-89(83)84)41-10-2-4-12-43(41)56(39)47)54(77)19-16-37-15-17-38(18-20-55(78)73-36-40(34-64)57-44-13-5-3-11-42(44)50(32-48(57)73)88-90(85)86)46(30-37)69-51(74)23-28-66-58(79)45(14-8-27-68-61(65)82)70-60(81)62(24-9-25-62)59(80)67-26-6-1-7-29-71-52(75)21-22-53(71)76/h2-5,10-13,15-22,30-32,39-40,45,83-86H,1,6-9,14,23-29,33-36H2,(H,66,79)(H,67,80)(H,69,74)(H,70,81)(H3,65,68,82)/b19-16+,20-18+/t39-,40-,45-/m1/s1. The Morgan fingerprint density at radius 2 is 1.22 bits per heavy atom. The Balaban J connectivity index is 0.912. The number of amides is 10. The third-order valence-corrected chi connectivity index (χ3v) is 17.7. The minimum Gasteiger partial charge on any atom is -0.426 e. The Hall–Kier alpha value is -8.05. The van der Waals surface area contributed by atoms with Crippen LogP contribution in [0.2, 0.25) is 0 Å². The average molecular weight is 1310 g/mol. The van der Waals surface area contributed by atoms with Gasteiger partial charge in [0.1, 0.15) is 23.0 Å². The molecule has 1 fully saturated rings. The van der Waals surface area contributed by atoms with Crippen LogP contribution in [0.15, 0.2) is 103 Å². The highest BCUT2D eigenvalue weighted by molar-refractivity contribution is 7.40. The van der Waals surface area contributed by atoms with Crippen molar-refractivity contribution >= 4 is 144 Å². The number of nitrogens with one attached hydrogen (secondary N) is 5. The highest BCUT2D eigenvalue weighted by atomic mass is 35.5. The van der Waals surface area contributed by atoms with Gasteiger partial charge in [-0.05, 0) is 96.2 Å². The fraction of sp³-hybridized carbons (Fsp3) is 0.339. The smallest absolute Gasteiger partial charge is 0.391 e. The maximum atomic E-state index is 14.3. The van der Waals surface area contributed by atoms with E-state index in [0.29, 0.717) is 64.3 Å². The second-order valence-corrected chi connectivity index (χ2v) is 24.0. The second kappa shape index (κ2) is 30.2. The van der Waals surface area contributed by atoms with Crippen LogP contribution in [0.5, 0.6) is 11.5 Å². The van der Waals surface area contributed by atoms with Crippen molar-refractivity contribution < 1.29 is 71.8 Å². The van der Waals surface area contributed by atoms with Gasteiger partial charge in [0.05, 0.1) is 11.4 Å². The van der Waals surface area contributed by atoms with Gasteiger partial charge in [-0.25, -0.2) is 4.79 Å². The molecule has 0 unspecified atom stereocenters. The maximum absolute atomic E-state index is 14.3. The first-order valence-corrected chi connectivity index (χ1v) is 32.5. The number of carbonyl (C=O) groups excluding carboxylic acids is 9. The predicted octanol–water partition coefficient (Wildman–Crippen LogP) is 6.70. The lowest BCUT2D eigenvalue weighted by Gasteiger charge is -2.39. The van der Waals surface area contributed by atoms with E-state index in [-0.39, 0.29) is 124 Å². The SMILES string of the molecule is NC(=O)NCCC[C@@H](NC(=O)C1(C(=O)NCCCCCN2C(=O)C=CC2=O)CCC1)C(=O)NCCC(=O)Nc1cc(/C=C/C(=O)N2C[C@@H](CCl)c3c2cc(OP(O)O)c2ccccc32)ccc1/C=C/C(=O)N1C[C@@H](CCl)c2c1cc(OP(O)O)c1ccccc21. The summed E-state index contributed by atoms with van der Waals surface area (Å²) in [5, 5.41) is 16.2. The van der Waals surface area contributed by atoms with Crippen molar-refractivity contribution in [3.05, 3.63) is 125 Å². The molecule has 90 heavy (non-hydrogen) atoms. The van der Waals surface area contributed by atoms with Crippen molar-refractivity contribution in [2.24, 2.45) is 11.1 Å². The average Bonchev–Trinajstić information content (AvgIpc) is 1.55. The van der Waals surface area contributed by atoms with E-state index < -0.39 is 70.1 Å². The molecule has 1 aliphatic carbocycles. The molecule has 10 amide bonds. The van der Waals surface area contributed by atoms with E-state index in [1.54, 1.807) is 54.6 Å². The number of nitrogens with two attached hydrogens (primary N) is 1. The predicted molar refractivity (Wildman–Crippen MR) is 342 cm³/mol. The zero-order valence-corrected chi connectivity index (χ0v) is 51.9. The minimum absolute atomic E-state index is 0.0164. The van der Waals surface area contributed by atoms with E-state index >= 15 is 0 Å². The molecule has 0 saturated heterocycles. The van der Waals surface area contributed by atoms with Gasteiger partial charge in [-0.2, -0.15) is 0 Å². The molecule has 0 spiro atoms. The quantitative estimate of drug-likeness (QED) is 0.00622.